The van der Waals surface area contributed by atoms with Crippen LogP contribution in [0.3, 0.4) is 0 Å². The molecule has 0 aliphatic heterocycles. The standard InChI is InChI=1S/3C21H18N4O.2C20H17N5O/c1-14-11-19-20(12-15(14)2)23-13-24-21(19)25-16-3-5-17(6-4-16)26-18-7-9-22-10-8-18;1-14-10-19-20(11-15(14)2)23-13-24-21(19)25-16-5-7-17(8-6-16)26-18-4-3-9-22-12-18;1-14-11-18-19(12-15(14)2)23-13-24-21(18)25-16-6-8-17(9-7-16)26-20-5-3-4-10-22-20;1-13-10-17-18(11-14(13)2)23-12-24-19(17)25-15-4-6-16(7-5-15)26-20-21-8-3-9-22-20;1-13-7-18-19(8-14(13)2)23-12-24-20(18)25-15-3-5-16(6-4-15)26-17-9-21-11-22-10-17/h3*3-13H,1-2H3,(H,23,24,25);2*3-12H,1-2H3,(H,23,24,25). The zero-order valence-electron chi connectivity index (χ0n) is 72.7. The number of nitrogens with zero attached hydrogens (tertiary/aromatic N) is 17. The molecule has 5 N–H and O–H groups in total. The predicted octanol–water partition coefficient (Wildman–Crippen LogP) is 24.7. The van der Waals surface area contributed by atoms with Gasteiger partial charge in [0.15, 0.2) is 5.75 Å². The number of nitrogens with one attached hydrogen (secondary N) is 5. The third-order valence-electron chi connectivity index (χ3n) is 21.0. The molecule has 640 valence electrons. The summed E-state index contributed by atoms with van der Waals surface area (Å²) in [7, 11) is 0. The van der Waals surface area contributed by atoms with Crippen molar-refractivity contribution >= 4 is 112 Å². The van der Waals surface area contributed by atoms with Crippen molar-refractivity contribution in [3.05, 3.63) is 380 Å². The first-order valence-corrected chi connectivity index (χ1v) is 41.5. The Morgan fingerprint density at radius 2 is 0.485 bits per heavy atom. The molecule has 130 heavy (non-hydrogen) atoms. The second-order valence-corrected chi connectivity index (χ2v) is 30.3. The fourth-order valence-corrected chi connectivity index (χ4v) is 13.3. The third kappa shape index (κ3) is 22.5. The van der Waals surface area contributed by atoms with Crippen molar-refractivity contribution in [2.24, 2.45) is 0 Å². The highest BCUT2D eigenvalue weighted by molar-refractivity contribution is 5.96. The van der Waals surface area contributed by atoms with Gasteiger partial charge in [-0.25, -0.2) is 74.8 Å². The number of anilines is 10. The molecule has 10 aromatic heterocycles. The Morgan fingerprint density at radius 3 is 0.808 bits per heavy atom. The minimum atomic E-state index is 0.320. The first kappa shape index (κ1) is 86.0. The number of hydrogen-bond donors (Lipinski definition) is 5. The van der Waals surface area contributed by atoms with Crippen LogP contribution in [0.1, 0.15) is 55.6 Å². The summed E-state index contributed by atoms with van der Waals surface area (Å²) in [5.74, 6) is 10.2. The lowest BCUT2D eigenvalue weighted by Crippen LogP contribution is -1.97. The highest BCUT2D eigenvalue weighted by atomic mass is 16.5. The van der Waals surface area contributed by atoms with Crippen molar-refractivity contribution in [3.8, 4) is 57.9 Å². The quantitative estimate of drug-likeness (QED) is 0.0473. The maximum Gasteiger partial charge on any atom is 0.321 e. The van der Waals surface area contributed by atoms with Gasteiger partial charge in [0, 0.05) is 98.6 Å². The molecule has 0 amide bonds. The minimum Gasteiger partial charge on any atom is -0.457 e. The summed E-state index contributed by atoms with van der Waals surface area (Å²) in [6.07, 6.45) is 24.4. The molecule has 20 rings (SSSR count). The van der Waals surface area contributed by atoms with Gasteiger partial charge >= 0.3 is 6.01 Å². The first-order chi connectivity index (χ1) is 63.4. The lowest BCUT2D eigenvalue weighted by Gasteiger charge is -2.11. The number of aryl methyl sites for hydroxylation is 10. The van der Waals surface area contributed by atoms with Gasteiger partial charge < -0.3 is 50.3 Å². The van der Waals surface area contributed by atoms with Crippen LogP contribution >= 0.6 is 0 Å². The average molecular weight is 1710 g/mol. The maximum atomic E-state index is 5.79. The molecule has 10 aromatic carbocycles. The number of benzene rings is 10. The van der Waals surface area contributed by atoms with Crippen LogP contribution in [-0.2, 0) is 0 Å². The molecule has 0 saturated carbocycles. The molecule has 0 saturated heterocycles. The number of hydrogen-bond acceptors (Lipinski definition) is 27. The van der Waals surface area contributed by atoms with Crippen LogP contribution in [0, 0.1) is 69.2 Å². The fraction of sp³-hybridized carbons (Fsp3) is 0.0971. The molecule has 27 nitrogen and oxygen atoms in total. The van der Waals surface area contributed by atoms with E-state index in [1.165, 1.54) is 62.0 Å². The van der Waals surface area contributed by atoms with Gasteiger partial charge in [-0.3, -0.25) is 9.97 Å². The monoisotopic (exact) mass is 1710 g/mol. The van der Waals surface area contributed by atoms with Crippen molar-refractivity contribution in [1.29, 1.82) is 0 Å². The van der Waals surface area contributed by atoms with E-state index in [2.05, 4.69) is 241 Å². The van der Waals surface area contributed by atoms with Gasteiger partial charge in [0.05, 0.1) is 46.2 Å². The van der Waals surface area contributed by atoms with E-state index >= 15 is 0 Å². The molecule has 27 heteroatoms. The SMILES string of the molecule is Cc1cc2ncnc(Nc3ccc(Oc4ccccn4)cc3)c2cc1C.Cc1cc2ncnc(Nc3ccc(Oc4cccnc4)cc3)c2cc1C.Cc1cc2ncnc(Nc3ccc(Oc4ccncc4)cc3)c2cc1C.Cc1cc2ncnc(Nc3ccc(Oc4cncnc4)cc3)c2cc1C.Cc1cc2ncnc(Nc3ccc(Oc4ncccn4)cc3)c2cc1C. The Balaban J connectivity index is 0.000000119. The van der Waals surface area contributed by atoms with Crippen LogP contribution in [-0.4, -0.2) is 84.7 Å². The summed E-state index contributed by atoms with van der Waals surface area (Å²) in [5.41, 5.74) is 21.4. The Hall–Kier alpha value is -17.5. The first-order valence-electron chi connectivity index (χ1n) is 41.5. The summed E-state index contributed by atoms with van der Waals surface area (Å²) in [4.78, 5) is 72.0. The Labute approximate surface area is 749 Å². The molecule has 10 heterocycles. The van der Waals surface area contributed by atoms with E-state index < -0.39 is 0 Å². The second kappa shape index (κ2) is 40.9. The van der Waals surface area contributed by atoms with Crippen molar-refractivity contribution in [2.75, 3.05) is 26.6 Å². The Morgan fingerprint density at radius 1 is 0.192 bits per heavy atom. The van der Waals surface area contributed by atoms with Crippen LogP contribution in [0.25, 0.3) is 54.5 Å². The van der Waals surface area contributed by atoms with E-state index in [-0.39, 0.29) is 0 Å². The summed E-state index contributed by atoms with van der Waals surface area (Å²) < 4.78 is 28.6. The van der Waals surface area contributed by atoms with E-state index in [4.69, 9.17) is 23.7 Å². The fourth-order valence-electron chi connectivity index (χ4n) is 13.3. The second-order valence-electron chi connectivity index (χ2n) is 30.3. The topological polar surface area (TPSA) is 325 Å². The van der Waals surface area contributed by atoms with E-state index in [0.717, 1.165) is 135 Å². The van der Waals surface area contributed by atoms with E-state index in [1.807, 2.05) is 164 Å². The Kier molecular flexibility index (Phi) is 27.1. The maximum absolute atomic E-state index is 5.79. The lowest BCUT2D eigenvalue weighted by molar-refractivity contribution is 0.442. The van der Waals surface area contributed by atoms with Gasteiger partial charge in [0.25, 0.3) is 0 Å². The largest absolute Gasteiger partial charge is 0.457 e. The molecular formula is C103H88N22O5. The van der Waals surface area contributed by atoms with Crippen LogP contribution in [0.15, 0.2) is 324 Å². The van der Waals surface area contributed by atoms with Gasteiger partial charge in [0.2, 0.25) is 5.88 Å². The number of ether oxygens (including phenoxy) is 5. The molecule has 0 fully saturated rings. The van der Waals surface area contributed by atoms with Crippen LogP contribution in [0.4, 0.5) is 57.5 Å². The highest BCUT2D eigenvalue weighted by Crippen LogP contribution is 2.36. The summed E-state index contributed by atoms with van der Waals surface area (Å²) >= 11 is 0. The van der Waals surface area contributed by atoms with Crippen LogP contribution < -0.4 is 50.3 Å². The number of aromatic nitrogens is 17. The molecule has 0 aliphatic carbocycles. The molecule has 0 spiro atoms. The highest BCUT2D eigenvalue weighted by Gasteiger charge is 2.15. The summed E-state index contributed by atoms with van der Waals surface area (Å²) in [6.45, 7) is 20.9. The van der Waals surface area contributed by atoms with E-state index in [9.17, 15) is 0 Å². The average Bonchev–Trinajstić information content (AvgIpc) is 0.817. The molecule has 0 unspecified atom stereocenters. The third-order valence-corrected chi connectivity index (χ3v) is 21.0. The van der Waals surface area contributed by atoms with Gasteiger partial charge in [-0.2, -0.15) is 0 Å². The normalized spacial score (nSPS) is 10.7. The van der Waals surface area contributed by atoms with Gasteiger partial charge in [0.1, 0.15) is 107 Å². The summed E-state index contributed by atoms with van der Waals surface area (Å²) in [5, 5.41) is 21.8. The smallest absolute Gasteiger partial charge is 0.321 e. The molecule has 20 aromatic rings. The van der Waals surface area contributed by atoms with Gasteiger partial charge in [-0.1, -0.05) is 6.07 Å². The van der Waals surface area contributed by atoms with Crippen molar-refractivity contribution < 1.29 is 23.7 Å². The number of pyridine rings is 3. The van der Waals surface area contributed by atoms with Gasteiger partial charge in [-0.05, 0) is 343 Å². The molecule has 0 radical (unpaired) electrons. The van der Waals surface area contributed by atoms with Gasteiger partial charge in [-0.15, -0.1) is 0 Å². The van der Waals surface area contributed by atoms with Crippen LogP contribution in [0.5, 0.6) is 57.9 Å². The molecular weight excluding hydrogens is 1630 g/mol. The lowest BCUT2D eigenvalue weighted by atomic mass is 10.1. The predicted molar refractivity (Wildman–Crippen MR) is 511 cm³/mol. The number of rotatable bonds is 20. The summed E-state index contributed by atoms with van der Waals surface area (Å²) in [6, 6.07) is 74.4. The number of fused-ring (bicyclic) bond motifs is 5. The van der Waals surface area contributed by atoms with Crippen LogP contribution in [0.2, 0.25) is 0 Å². The van der Waals surface area contributed by atoms with E-state index in [0.29, 0.717) is 34.9 Å². The molecule has 0 bridgehead atoms. The zero-order chi connectivity index (χ0) is 89.7. The van der Waals surface area contributed by atoms with Crippen molar-refractivity contribution in [2.45, 2.75) is 69.2 Å². The van der Waals surface area contributed by atoms with E-state index in [1.54, 1.807) is 93.5 Å². The zero-order valence-corrected chi connectivity index (χ0v) is 72.7. The minimum absolute atomic E-state index is 0.320. The molecule has 0 aliphatic rings. The Bertz CT molecular complexity index is 6250. The molecule has 0 atom stereocenters. The van der Waals surface area contributed by atoms with Crippen molar-refractivity contribution in [1.82, 2.24) is 84.7 Å². The van der Waals surface area contributed by atoms with Crippen molar-refractivity contribution in [3.63, 3.8) is 0 Å².